The molecule has 30 heavy (non-hydrogen) atoms. The van der Waals surface area contributed by atoms with Crippen LogP contribution in [0, 0.1) is 0 Å². The minimum Gasteiger partial charge on any atom is -0.496 e. The van der Waals surface area contributed by atoms with Gasteiger partial charge in [-0.3, -0.25) is 4.99 Å². The van der Waals surface area contributed by atoms with E-state index in [-0.39, 0.29) is 36.1 Å². The molecule has 1 aromatic carbocycles. The van der Waals surface area contributed by atoms with Crippen LogP contribution < -0.4 is 24.8 Å². The third kappa shape index (κ3) is 6.99. The summed E-state index contributed by atoms with van der Waals surface area (Å²) in [5, 5.41) is 6.56. The molecule has 2 N–H and O–H groups in total. The first-order valence-corrected chi connectivity index (χ1v) is 9.44. The van der Waals surface area contributed by atoms with E-state index >= 15 is 0 Å². The molecule has 1 fully saturated rings. The molecule has 0 atom stereocenters. The number of methoxy groups -OCH3 is 3. The van der Waals surface area contributed by atoms with E-state index in [9.17, 15) is 4.79 Å². The summed E-state index contributed by atoms with van der Waals surface area (Å²) in [5.74, 6) is 2.55. The quantitative estimate of drug-likeness (QED) is 0.328. The maximum atomic E-state index is 12.0. The van der Waals surface area contributed by atoms with E-state index in [2.05, 4.69) is 15.6 Å². The van der Waals surface area contributed by atoms with Crippen LogP contribution in [0.1, 0.15) is 26.3 Å². The Labute approximate surface area is 195 Å². The van der Waals surface area contributed by atoms with Crippen LogP contribution in [0.2, 0.25) is 0 Å². The Morgan fingerprint density at radius 1 is 1.10 bits per heavy atom. The van der Waals surface area contributed by atoms with Crippen molar-refractivity contribution in [3.63, 3.8) is 0 Å². The zero-order valence-electron chi connectivity index (χ0n) is 18.7. The number of halogens is 1. The number of likely N-dealkylation sites (tertiary alicyclic amines) is 1. The molecule has 0 aromatic heterocycles. The van der Waals surface area contributed by atoms with Crippen LogP contribution in [0.15, 0.2) is 17.1 Å². The average Bonchev–Trinajstić information content (AvgIpc) is 2.64. The second-order valence-corrected chi connectivity index (χ2v) is 7.67. The van der Waals surface area contributed by atoms with Crippen molar-refractivity contribution in [1.82, 2.24) is 15.5 Å². The lowest BCUT2D eigenvalue weighted by atomic mass is 10.1. The fourth-order valence-electron chi connectivity index (χ4n) is 2.84. The summed E-state index contributed by atoms with van der Waals surface area (Å²) in [6.45, 7) is 7.17. The normalized spacial score (nSPS) is 14.2. The molecule has 9 nitrogen and oxygen atoms in total. The van der Waals surface area contributed by atoms with Crippen molar-refractivity contribution in [2.45, 2.75) is 39.0 Å². The van der Waals surface area contributed by atoms with Crippen molar-refractivity contribution in [3.8, 4) is 17.2 Å². The zero-order valence-corrected chi connectivity index (χ0v) is 21.0. The number of nitrogens with one attached hydrogen (secondary N) is 2. The molecule has 1 saturated heterocycles. The molecule has 0 unspecified atom stereocenters. The number of guanidine groups is 1. The van der Waals surface area contributed by atoms with Gasteiger partial charge in [-0.2, -0.15) is 0 Å². The SMILES string of the molecule is CN=C(NCc1cc(OC)c(OC)cc1OC)NC1CN(C(=O)OC(C)(C)C)C1.I. The van der Waals surface area contributed by atoms with Crippen molar-refractivity contribution in [2.24, 2.45) is 4.99 Å². The molecule has 10 heteroatoms. The first-order valence-electron chi connectivity index (χ1n) is 9.44. The van der Waals surface area contributed by atoms with E-state index in [4.69, 9.17) is 18.9 Å². The van der Waals surface area contributed by atoms with Crippen LogP contribution in [0.5, 0.6) is 17.2 Å². The number of hydrogen-bond donors (Lipinski definition) is 2. The fraction of sp³-hybridized carbons (Fsp3) is 0.600. The van der Waals surface area contributed by atoms with E-state index in [0.717, 1.165) is 5.56 Å². The lowest BCUT2D eigenvalue weighted by Crippen LogP contribution is -2.63. The van der Waals surface area contributed by atoms with Crippen molar-refractivity contribution in [2.75, 3.05) is 41.5 Å². The summed E-state index contributed by atoms with van der Waals surface area (Å²) in [6, 6.07) is 3.77. The summed E-state index contributed by atoms with van der Waals surface area (Å²) in [4.78, 5) is 17.9. The largest absolute Gasteiger partial charge is 0.496 e. The van der Waals surface area contributed by atoms with Gasteiger partial charge in [0, 0.05) is 38.3 Å². The Morgan fingerprint density at radius 2 is 1.67 bits per heavy atom. The molecule has 1 heterocycles. The first kappa shape index (κ1) is 25.9. The zero-order chi connectivity index (χ0) is 21.6. The summed E-state index contributed by atoms with van der Waals surface area (Å²) in [5.41, 5.74) is 0.406. The summed E-state index contributed by atoms with van der Waals surface area (Å²) in [6.07, 6.45) is -0.298. The van der Waals surface area contributed by atoms with Gasteiger partial charge in [0.2, 0.25) is 0 Å². The fourth-order valence-corrected chi connectivity index (χ4v) is 2.84. The van der Waals surface area contributed by atoms with Crippen LogP contribution in [0.4, 0.5) is 4.79 Å². The Kier molecular flexibility index (Phi) is 9.79. The van der Waals surface area contributed by atoms with Crippen molar-refractivity contribution >= 4 is 36.0 Å². The van der Waals surface area contributed by atoms with E-state index in [1.54, 1.807) is 39.3 Å². The number of carbonyl (C=O) groups excluding carboxylic acids is 1. The van der Waals surface area contributed by atoms with E-state index in [0.29, 0.717) is 42.8 Å². The van der Waals surface area contributed by atoms with Crippen LogP contribution in [0.3, 0.4) is 0 Å². The summed E-state index contributed by atoms with van der Waals surface area (Å²) in [7, 11) is 6.48. The highest BCUT2D eigenvalue weighted by Gasteiger charge is 2.34. The third-order valence-electron chi connectivity index (χ3n) is 4.33. The van der Waals surface area contributed by atoms with Gasteiger partial charge in [-0.15, -0.1) is 24.0 Å². The first-order chi connectivity index (χ1) is 13.7. The Hall–Kier alpha value is -2.11. The molecule has 1 aromatic rings. The van der Waals surface area contributed by atoms with Gasteiger partial charge in [0.15, 0.2) is 17.5 Å². The average molecular weight is 536 g/mol. The van der Waals surface area contributed by atoms with Crippen LogP contribution >= 0.6 is 24.0 Å². The molecule has 1 aliphatic rings. The van der Waals surface area contributed by atoms with Gasteiger partial charge in [-0.05, 0) is 26.8 Å². The van der Waals surface area contributed by atoms with Crippen molar-refractivity contribution in [3.05, 3.63) is 17.7 Å². The van der Waals surface area contributed by atoms with Gasteiger partial charge in [0.25, 0.3) is 0 Å². The van der Waals surface area contributed by atoms with E-state index in [1.807, 2.05) is 26.8 Å². The van der Waals surface area contributed by atoms with Gasteiger partial charge >= 0.3 is 6.09 Å². The molecule has 0 saturated carbocycles. The van der Waals surface area contributed by atoms with Gasteiger partial charge in [-0.25, -0.2) is 4.79 Å². The predicted molar refractivity (Wildman–Crippen MR) is 126 cm³/mol. The standard InChI is InChI=1S/C20H32N4O5.HI/c1-20(2,3)29-19(25)24-11-14(12-24)23-18(21-4)22-10-13-8-16(27-6)17(28-7)9-15(13)26-5;/h8-9,14H,10-12H2,1-7H3,(H2,21,22,23);1H. The molecule has 0 radical (unpaired) electrons. The highest BCUT2D eigenvalue weighted by molar-refractivity contribution is 14.0. The molecule has 0 aliphatic carbocycles. The number of aliphatic imine (C=N–C) groups is 1. The lowest BCUT2D eigenvalue weighted by molar-refractivity contribution is 0.00701. The monoisotopic (exact) mass is 536 g/mol. The third-order valence-corrected chi connectivity index (χ3v) is 4.33. The van der Waals surface area contributed by atoms with E-state index in [1.165, 1.54) is 0 Å². The lowest BCUT2D eigenvalue weighted by Gasteiger charge is -2.40. The van der Waals surface area contributed by atoms with Gasteiger partial charge in [0.05, 0.1) is 27.4 Å². The van der Waals surface area contributed by atoms with E-state index < -0.39 is 5.60 Å². The topological polar surface area (TPSA) is 93.7 Å². The minimum absolute atomic E-state index is 0. The smallest absolute Gasteiger partial charge is 0.410 e. The second kappa shape index (κ2) is 11.3. The maximum absolute atomic E-state index is 12.0. The Balaban J connectivity index is 0.00000450. The molecule has 0 bridgehead atoms. The van der Waals surface area contributed by atoms with Crippen LogP contribution in [-0.2, 0) is 11.3 Å². The molecule has 1 amide bonds. The number of carbonyl (C=O) groups is 1. The molecule has 170 valence electrons. The van der Waals surface area contributed by atoms with Gasteiger partial charge < -0.3 is 34.5 Å². The second-order valence-electron chi connectivity index (χ2n) is 7.67. The number of ether oxygens (including phenoxy) is 4. The number of rotatable bonds is 6. The maximum Gasteiger partial charge on any atom is 0.410 e. The molecule has 2 rings (SSSR count). The highest BCUT2D eigenvalue weighted by atomic mass is 127. The highest BCUT2D eigenvalue weighted by Crippen LogP contribution is 2.34. The number of nitrogens with zero attached hydrogens (tertiary/aromatic N) is 2. The molecule has 1 aliphatic heterocycles. The van der Waals surface area contributed by atoms with Crippen LogP contribution in [-0.4, -0.2) is 70.1 Å². The number of amides is 1. The Bertz CT molecular complexity index is 745. The minimum atomic E-state index is -0.494. The van der Waals surface area contributed by atoms with Crippen molar-refractivity contribution < 1.29 is 23.7 Å². The molecular formula is C20H33IN4O5. The number of benzene rings is 1. The van der Waals surface area contributed by atoms with Gasteiger partial charge in [0.1, 0.15) is 11.4 Å². The molecule has 0 spiro atoms. The van der Waals surface area contributed by atoms with Crippen molar-refractivity contribution in [1.29, 1.82) is 0 Å². The Morgan fingerprint density at radius 3 is 2.17 bits per heavy atom. The molecular weight excluding hydrogens is 503 g/mol. The van der Waals surface area contributed by atoms with Gasteiger partial charge in [-0.1, -0.05) is 0 Å². The predicted octanol–water partition coefficient (Wildman–Crippen LogP) is 2.61. The summed E-state index contributed by atoms with van der Waals surface area (Å²) >= 11 is 0. The number of hydrogen-bond acceptors (Lipinski definition) is 6. The van der Waals surface area contributed by atoms with Crippen LogP contribution in [0.25, 0.3) is 0 Å². The summed E-state index contributed by atoms with van der Waals surface area (Å²) < 4.78 is 21.5.